The maximum atomic E-state index is 12.2. The molecule has 1 aliphatic rings. The molecular weight excluding hydrogens is 424 g/mol. The van der Waals surface area contributed by atoms with Gasteiger partial charge in [0.25, 0.3) is 0 Å². The number of phenolic OH excluding ortho intramolecular Hbond substituents is 1. The average Bonchev–Trinajstić information content (AvgIpc) is 3.12. The van der Waals surface area contributed by atoms with Crippen LogP contribution in [0.15, 0.2) is 49.6 Å². The van der Waals surface area contributed by atoms with Crippen molar-refractivity contribution in [3.63, 3.8) is 0 Å². The zero-order chi connectivity index (χ0) is 22.8. The second kappa shape index (κ2) is 8.78. The SMILES string of the molecule is Nc1nc(=O)n([C@H]2C[C@H](O)[C@@H](CO)O2)cc1/C=N/OCc1cc(=O)oc2cc(O)ccc12. The van der Waals surface area contributed by atoms with E-state index in [0.29, 0.717) is 10.9 Å². The van der Waals surface area contributed by atoms with E-state index < -0.39 is 29.8 Å². The number of anilines is 1. The molecule has 0 saturated carbocycles. The van der Waals surface area contributed by atoms with Crippen LogP contribution in [0.25, 0.3) is 11.0 Å². The lowest BCUT2D eigenvalue weighted by molar-refractivity contribution is -0.0458. The topological polar surface area (TPSA) is 183 Å². The van der Waals surface area contributed by atoms with E-state index in [2.05, 4.69) is 10.1 Å². The van der Waals surface area contributed by atoms with Crippen LogP contribution < -0.4 is 17.0 Å². The molecule has 4 rings (SSSR count). The zero-order valence-electron chi connectivity index (χ0n) is 16.6. The number of aliphatic hydroxyl groups excluding tert-OH is 2. The van der Waals surface area contributed by atoms with Gasteiger partial charge in [-0.1, -0.05) is 5.16 Å². The van der Waals surface area contributed by atoms with Gasteiger partial charge in [-0.25, -0.2) is 9.59 Å². The summed E-state index contributed by atoms with van der Waals surface area (Å²) in [6, 6.07) is 5.62. The Labute approximate surface area is 179 Å². The van der Waals surface area contributed by atoms with Crippen molar-refractivity contribution in [2.45, 2.75) is 31.5 Å². The van der Waals surface area contributed by atoms with Crippen LogP contribution in [-0.2, 0) is 16.2 Å². The minimum atomic E-state index is -0.921. The van der Waals surface area contributed by atoms with Gasteiger partial charge in [0.2, 0.25) is 0 Å². The number of nitrogens with zero attached hydrogens (tertiary/aromatic N) is 3. The minimum absolute atomic E-state index is 0.0427. The van der Waals surface area contributed by atoms with Crippen LogP contribution in [0.4, 0.5) is 5.82 Å². The molecular formula is C20H20N4O8. The van der Waals surface area contributed by atoms with Gasteiger partial charge in [-0.2, -0.15) is 4.98 Å². The number of fused-ring (bicyclic) bond motifs is 1. The Kier molecular flexibility index (Phi) is 5.90. The second-order valence-corrected chi connectivity index (χ2v) is 7.17. The number of hydrogen-bond donors (Lipinski definition) is 4. The maximum absolute atomic E-state index is 12.2. The molecule has 3 heterocycles. The minimum Gasteiger partial charge on any atom is -0.508 e. The van der Waals surface area contributed by atoms with Gasteiger partial charge < -0.3 is 35.0 Å². The first-order valence-corrected chi connectivity index (χ1v) is 9.60. The zero-order valence-corrected chi connectivity index (χ0v) is 16.6. The third kappa shape index (κ3) is 4.32. The Morgan fingerprint density at radius 2 is 2.16 bits per heavy atom. The first-order chi connectivity index (χ1) is 15.4. The van der Waals surface area contributed by atoms with Crippen LogP contribution >= 0.6 is 0 Å². The first-order valence-electron chi connectivity index (χ1n) is 9.60. The van der Waals surface area contributed by atoms with Gasteiger partial charge in [0, 0.05) is 35.7 Å². The predicted molar refractivity (Wildman–Crippen MR) is 111 cm³/mol. The van der Waals surface area contributed by atoms with E-state index in [1.165, 1.54) is 30.6 Å². The van der Waals surface area contributed by atoms with E-state index in [4.69, 9.17) is 19.7 Å². The number of aliphatic hydroxyl groups is 2. The summed E-state index contributed by atoms with van der Waals surface area (Å²) in [7, 11) is 0. The van der Waals surface area contributed by atoms with Crippen LogP contribution in [0, 0.1) is 0 Å². The molecule has 0 bridgehead atoms. The molecule has 32 heavy (non-hydrogen) atoms. The number of ether oxygens (including phenoxy) is 1. The second-order valence-electron chi connectivity index (χ2n) is 7.17. The number of benzene rings is 1. The summed E-state index contributed by atoms with van der Waals surface area (Å²) >= 11 is 0. The number of nitrogens with two attached hydrogens (primary N) is 1. The van der Waals surface area contributed by atoms with E-state index in [9.17, 15) is 24.9 Å². The summed E-state index contributed by atoms with van der Waals surface area (Å²) in [4.78, 5) is 32.9. The fraction of sp³-hybridized carbons (Fsp3) is 0.300. The summed E-state index contributed by atoms with van der Waals surface area (Å²) in [5.74, 6) is -0.129. The molecule has 1 saturated heterocycles. The number of aromatic hydroxyl groups is 1. The smallest absolute Gasteiger partial charge is 0.351 e. The Morgan fingerprint density at radius 3 is 2.91 bits per heavy atom. The lowest BCUT2D eigenvalue weighted by Gasteiger charge is -2.15. The molecule has 0 radical (unpaired) electrons. The van der Waals surface area contributed by atoms with Crippen LogP contribution in [0.1, 0.15) is 23.8 Å². The third-order valence-electron chi connectivity index (χ3n) is 5.01. The van der Waals surface area contributed by atoms with Crippen LogP contribution in [0.3, 0.4) is 0 Å². The van der Waals surface area contributed by atoms with Gasteiger partial charge in [-0.05, 0) is 12.1 Å². The van der Waals surface area contributed by atoms with Crippen molar-refractivity contribution in [2.75, 3.05) is 12.3 Å². The third-order valence-corrected chi connectivity index (χ3v) is 5.01. The van der Waals surface area contributed by atoms with Gasteiger partial charge in [0.1, 0.15) is 36.1 Å². The van der Waals surface area contributed by atoms with Gasteiger partial charge in [-0.3, -0.25) is 4.57 Å². The van der Waals surface area contributed by atoms with E-state index in [0.717, 1.165) is 4.57 Å². The Balaban J connectivity index is 1.52. The molecule has 0 amide bonds. The van der Waals surface area contributed by atoms with E-state index in [-0.39, 0.29) is 42.3 Å². The predicted octanol–water partition coefficient (Wildman–Crippen LogP) is -0.171. The molecule has 5 N–H and O–H groups in total. The summed E-state index contributed by atoms with van der Waals surface area (Å²) in [6.07, 6.45) is 0.169. The van der Waals surface area contributed by atoms with Gasteiger partial charge in [-0.15, -0.1) is 0 Å². The van der Waals surface area contributed by atoms with Crippen LogP contribution in [0.5, 0.6) is 5.75 Å². The summed E-state index contributed by atoms with van der Waals surface area (Å²) < 4.78 is 11.7. The van der Waals surface area contributed by atoms with Gasteiger partial charge in [0.05, 0.1) is 24.5 Å². The molecule has 12 nitrogen and oxygen atoms in total. The largest absolute Gasteiger partial charge is 0.508 e. The molecule has 3 aromatic rings. The molecule has 168 valence electrons. The van der Waals surface area contributed by atoms with Crippen molar-refractivity contribution in [2.24, 2.45) is 5.16 Å². The summed E-state index contributed by atoms with van der Waals surface area (Å²) in [5, 5.41) is 33.1. The number of oxime groups is 1. The Bertz CT molecular complexity index is 1280. The highest BCUT2D eigenvalue weighted by Gasteiger charge is 2.35. The summed E-state index contributed by atoms with van der Waals surface area (Å²) in [5.41, 5.74) is 5.47. The highest BCUT2D eigenvalue weighted by atomic mass is 16.6. The monoisotopic (exact) mass is 444 g/mol. The molecule has 1 aliphatic heterocycles. The van der Waals surface area contributed by atoms with Gasteiger partial charge in [0.15, 0.2) is 0 Å². The van der Waals surface area contributed by atoms with Crippen molar-refractivity contribution < 1.29 is 29.3 Å². The fourth-order valence-corrected chi connectivity index (χ4v) is 3.39. The molecule has 0 spiro atoms. The molecule has 0 aliphatic carbocycles. The fourth-order valence-electron chi connectivity index (χ4n) is 3.39. The molecule has 1 aromatic carbocycles. The summed E-state index contributed by atoms with van der Waals surface area (Å²) in [6.45, 7) is -0.463. The molecule has 3 atom stereocenters. The van der Waals surface area contributed by atoms with Gasteiger partial charge >= 0.3 is 11.3 Å². The molecule has 1 fully saturated rings. The molecule has 0 unspecified atom stereocenters. The number of rotatable bonds is 6. The van der Waals surface area contributed by atoms with Crippen LogP contribution in [-0.4, -0.2) is 49.9 Å². The molecule has 12 heteroatoms. The van der Waals surface area contributed by atoms with E-state index >= 15 is 0 Å². The molecule has 2 aromatic heterocycles. The lowest BCUT2D eigenvalue weighted by Crippen LogP contribution is -2.29. The number of aromatic nitrogens is 2. The lowest BCUT2D eigenvalue weighted by atomic mass is 10.1. The highest BCUT2D eigenvalue weighted by Crippen LogP contribution is 2.27. The van der Waals surface area contributed by atoms with Crippen molar-refractivity contribution in [3.05, 3.63) is 62.5 Å². The normalized spacial score (nSPS) is 20.9. The number of nitrogen functional groups attached to an aromatic ring is 1. The highest BCUT2D eigenvalue weighted by molar-refractivity contribution is 5.84. The van der Waals surface area contributed by atoms with Crippen molar-refractivity contribution in [1.82, 2.24) is 9.55 Å². The van der Waals surface area contributed by atoms with Crippen molar-refractivity contribution in [1.29, 1.82) is 0 Å². The average molecular weight is 444 g/mol. The Hall–Kier alpha value is -3.74. The quantitative estimate of drug-likeness (QED) is 0.226. The first kappa shape index (κ1) is 21.5. The van der Waals surface area contributed by atoms with Crippen molar-refractivity contribution in [3.8, 4) is 5.75 Å². The van der Waals surface area contributed by atoms with Crippen molar-refractivity contribution >= 4 is 23.0 Å². The van der Waals surface area contributed by atoms with E-state index in [1.807, 2.05) is 0 Å². The standard InChI is InChI=1S/C20H20N4O8/c21-19-11(7-24(20(29)23-19)17-5-14(27)16(8-25)31-17)6-22-30-9-10-3-18(28)32-15-4-12(26)1-2-13(10)15/h1-4,6-7,14,16-17,25-27H,5,8-9H2,(H2,21,23,29)/b22-6+/t14-,16+,17+/m0/s1. The Morgan fingerprint density at radius 1 is 1.34 bits per heavy atom. The maximum Gasteiger partial charge on any atom is 0.351 e. The van der Waals surface area contributed by atoms with Crippen LogP contribution in [0.2, 0.25) is 0 Å². The number of phenols is 1. The van der Waals surface area contributed by atoms with E-state index in [1.54, 1.807) is 6.07 Å². The number of hydrogen-bond acceptors (Lipinski definition) is 11.